The molecule has 0 unspecified atom stereocenters. The Balaban J connectivity index is 2.02. The molecule has 0 aromatic carbocycles. The zero-order chi connectivity index (χ0) is 12.8. The van der Waals surface area contributed by atoms with Crippen molar-refractivity contribution in [3.8, 4) is 0 Å². The van der Waals surface area contributed by atoms with Crippen molar-refractivity contribution < 1.29 is 4.79 Å². The number of hydrogen-bond acceptors (Lipinski definition) is 3. The maximum absolute atomic E-state index is 12.3. The van der Waals surface area contributed by atoms with Crippen LogP contribution in [0.5, 0.6) is 0 Å². The fourth-order valence-electron chi connectivity index (χ4n) is 2.26. The Bertz CT molecular complexity index is 381. The predicted molar refractivity (Wildman–Crippen MR) is 72.8 cm³/mol. The summed E-state index contributed by atoms with van der Waals surface area (Å²) in [5.74, 6) is 0.0694. The van der Waals surface area contributed by atoms with Crippen molar-refractivity contribution in [3.63, 3.8) is 0 Å². The topological polar surface area (TPSA) is 45.2 Å². The average Bonchev–Trinajstić information content (AvgIpc) is 2.68. The summed E-state index contributed by atoms with van der Waals surface area (Å²) in [6, 6.07) is 3.73. The van der Waals surface area contributed by atoms with Gasteiger partial charge in [-0.1, -0.05) is 12.8 Å². The Morgan fingerprint density at radius 3 is 2.56 bits per heavy atom. The Morgan fingerprint density at radius 2 is 2.00 bits per heavy atom. The van der Waals surface area contributed by atoms with Gasteiger partial charge in [0.25, 0.3) is 5.91 Å². The quantitative estimate of drug-likeness (QED) is 0.892. The first-order valence-electron chi connectivity index (χ1n) is 6.80. The fourth-order valence-corrected chi connectivity index (χ4v) is 2.26. The van der Waals surface area contributed by atoms with E-state index in [0.29, 0.717) is 5.69 Å². The lowest BCUT2D eigenvalue weighted by Crippen LogP contribution is -2.32. The number of anilines is 1. The highest BCUT2D eigenvalue weighted by Crippen LogP contribution is 2.13. The van der Waals surface area contributed by atoms with Gasteiger partial charge < -0.3 is 10.2 Å². The van der Waals surface area contributed by atoms with E-state index in [1.165, 1.54) is 12.8 Å². The molecule has 0 bridgehead atoms. The number of nitrogens with zero attached hydrogens (tertiary/aromatic N) is 2. The molecule has 18 heavy (non-hydrogen) atoms. The molecule has 1 N–H and O–H groups in total. The van der Waals surface area contributed by atoms with Gasteiger partial charge in [-0.25, -0.2) is 4.98 Å². The summed E-state index contributed by atoms with van der Waals surface area (Å²) in [5.41, 5.74) is 1.52. The highest BCUT2D eigenvalue weighted by atomic mass is 16.2. The largest absolute Gasteiger partial charge is 0.384 e. The average molecular weight is 247 g/mol. The van der Waals surface area contributed by atoms with Crippen LogP contribution < -0.4 is 5.32 Å². The molecule has 4 nitrogen and oxygen atoms in total. The maximum atomic E-state index is 12.3. The molecule has 4 heteroatoms. The lowest BCUT2D eigenvalue weighted by Gasteiger charge is -2.19. The van der Waals surface area contributed by atoms with Crippen LogP contribution in [-0.2, 0) is 0 Å². The van der Waals surface area contributed by atoms with Gasteiger partial charge in [0.05, 0.1) is 11.9 Å². The normalized spacial score (nSPS) is 16.2. The molecule has 1 aliphatic heterocycles. The van der Waals surface area contributed by atoms with E-state index >= 15 is 0 Å². The smallest absolute Gasteiger partial charge is 0.272 e. The van der Waals surface area contributed by atoms with E-state index in [-0.39, 0.29) is 5.91 Å². The number of amides is 1. The van der Waals surface area contributed by atoms with E-state index in [1.807, 2.05) is 24.0 Å². The molecular weight excluding hydrogens is 226 g/mol. The van der Waals surface area contributed by atoms with E-state index < -0.39 is 0 Å². The Labute approximate surface area is 108 Å². The van der Waals surface area contributed by atoms with Crippen LogP contribution in [-0.4, -0.2) is 35.4 Å². The van der Waals surface area contributed by atoms with Gasteiger partial charge in [-0.3, -0.25) is 4.79 Å². The predicted octanol–water partition coefficient (Wildman–Crippen LogP) is 2.53. The maximum Gasteiger partial charge on any atom is 0.272 e. The lowest BCUT2D eigenvalue weighted by molar-refractivity contribution is 0.0756. The molecule has 0 spiro atoms. The minimum atomic E-state index is 0.0694. The third-order valence-corrected chi connectivity index (χ3v) is 3.26. The third kappa shape index (κ3) is 3.22. The SMILES string of the molecule is CCNc1ccc(C(=O)N2CCCCCC2)nc1. The molecule has 0 saturated carbocycles. The monoisotopic (exact) mass is 247 g/mol. The van der Waals surface area contributed by atoms with Crippen molar-refractivity contribution in [2.45, 2.75) is 32.6 Å². The van der Waals surface area contributed by atoms with Crippen molar-refractivity contribution in [3.05, 3.63) is 24.0 Å². The van der Waals surface area contributed by atoms with Crippen molar-refractivity contribution in [2.75, 3.05) is 25.0 Å². The molecular formula is C14H21N3O. The van der Waals surface area contributed by atoms with Crippen molar-refractivity contribution in [1.29, 1.82) is 0 Å². The zero-order valence-corrected chi connectivity index (χ0v) is 11.0. The number of pyridine rings is 1. The number of nitrogens with one attached hydrogen (secondary N) is 1. The van der Waals surface area contributed by atoms with Gasteiger partial charge in [0, 0.05) is 19.6 Å². The zero-order valence-electron chi connectivity index (χ0n) is 11.0. The number of carbonyl (C=O) groups is 1. The summed E-state index contributed by atoms with van der Waals surface area (Å²) in [5, 5.41) is 3.18. The molecule has 2 heterocycles. The minimum absolute atomic E-state index is 0.0694. The van der Waals surface area contributed by atoms with E-state index in [0.717, 1.165) is 38.2 Å². The van der Waals surface area contributed by atoms with Gasteiger partial charge in [0.1, 0.15) is 5.69 Å². The first-order chi connectivity index (χ1) is 8.81. The molecule has 1 fully saturated rings. The van der Waals surface area contributed by atoms with E-state index in [4.69, 9.17) is 0 Å². The molecule has 0 aliphatic carbocycles. The molecule has 2 rings (SSSR count). The van der Waals surface area contributed by atoms with Gasteiger partial charge in [-0.15, -0.1) is 0 Å². The van der Waals surface area contributed by atoms with Gasteiger partial charge in [0.15, 0.2) is 0 Å². The number of carbonyl (C=O) groups excluding carboxylic acids is 1. The van der Waals surface area contributed by atoms with Gasteiger partial charge in [0.2, 0.25) is 0 Å². The standard InChI is InChI=1S/C14H21N3O/c1-2-15-12-7-8-13(16-11-12)14(18)17-9-5-3-4-6-10-17/h7-8,11,15H,2-6,9-10H2,1H3. The second kappa shape index (κ2) is 6.38. The summed E-state index contributed by atoms with van der Waals surface area (Å²) in [6.07, 6.45) is 6.42. The molecule has 1 aromatic rings. The minimum Gasteiger partial charge on any atom is -0.384 e. The fraction of sp³-hybridized carbons (Fsp3) is 0.571. The van der Waals surface area contributed by atoms with Crippen LogP contribution in [0.25, 0.3) is 0 Å². The first-order valence-corrected chi connectivity index (χ1v) is 6.80. The molecule has 0 atom stereocenters. The number of rotatable bonds is 3. The van der Waals surface area contributed by atoms with Crippen molar-refractivity contribution in [2.24, 2.45) is 0 Å². The first kappa shape index (κ1) is 12.9. The third-order valence-electron chi connectivity index (χ3n) is 3.26. The molecule has 98 valence electrons. The van der Waals surface area contributed by atoms with Crippen LogP contribution in [0.3, 0.4) is 0 Å². The summed E-state index contributed by atoms with van der Waals surface area (Å²) in [7, 11) is 0. The Morgan fingerprint density at radius 1 is 1.28 bits per heavy atom. The summed E-state index contributed by atoms with van der Waals surface area (Å²) < 4.78 is 0. The van der Waals surface area contributed by atoms with E-state index in [9.17, 15) is 4.79 Å². The van der Waals surface area contributed by atoms with Gasteiger partial charge in [-0.05, 0) is 31.9 Å². The Kier molecular flexibility index (Phi) is 4.56. The van der Waals surface area contributed by atoms with Crippen LogP contribution in [0, 0.1) is 0 Å². The van der Waals surface area contributed by atoms with Gasteiger partial charge >= 0.3 is 0 Å². The lowest BCUT2D eigenvalue weighted by atomic mass is 10.2. The van der Waals surface area contributed by atoms with Crippen LogP contribution >= 0.6 is 0 Å². The van der Waals surface area contributed by atoms with Crippen LogP contribution in [0.4, 0.5) is 5.69 Å². The molecule has 1 saturated heterocycles. The molecule has 1 aromatic heterocycles. The summed E-state index contributed by atoms with van der Waals surface area (Å²) >= 11 is 0. The van der Waals surface area contributed by atoms with Crippen LogP contribution in [0.15, 0.2) is 18.3 Å². The van der Waals surface area contributed by atoms with Crippen molar-refractivity contribution >= 4 is 11.6 Å². The van der Waals surface area contributed by atoms with E-state index in [1.54, 1.807) is 6.20 Å². The molecule has 1 amide bonds. The van der Waals surface area contributed by atoms with Crippen molar-refractivity contribution in [1.82, 2.24) is 9.88 Å². The van der Waals surface area contributed by atoms with Gasteiger partial charge in [-0.2, -0.15) is 0 Å². The Hall–Kier alpha value is -1.58. The number of hydrogen-bond donors (Lipinski definition) is 1. The highest BCUT2D eigenvalue weighted by molar-refractivity contribution is 5.92. The second-order valence-corrected chi connectivity index (χ2v) is 4.67. The number of aromatic nitrogens is 1. The summed E-state index contributed by atoms with van der Waals surface area (Å²) in [6.45, 7) is 4.64. The highest BCUT2D eigenvalue weighted by Gasteiger charge is 2.17. The molecule has 0 radical (unpaired) electrons. The second-order valence-electron chi connectivity index (χ2n) is 4.67. The van der Waals surface area contributed by atoms with Crippen LogP contribution in [0.2, 0.25) is 0 Å². The van der Waals surface area contributed by atoms with E-state index in [2.05, 4.69) is 10.3 Å². The molecule has 1 aliphatic rings. The number of likely N-dealkylation sites (tertiary alicyclic amines) is 1. The summed E-state index contributed by atoms with van der Waals surface area (Å²) in [4.78, 5) is 18.4. The van der Waals surface area contributed by atoms with Crippen LogP contribution in [0.1, 0.15) is 43.1 Å².